The molecule has 4 rings (SSSR count). The first-order valence-corrected chi connectivity index (χ1v) is 12.5. The van der Waals surface area contributed by atoms with Crippen molar-refractivity contribution in [2.45, 2.75) is 76.9 Å². The molecule has 2 atom stereocenters. The van der Waals surface area contributed by atoms with Crippen molar-refractivity contribution >= 4 is 17.6 Å². The van der Waals surface area contributed by atoms with Crippen LogP contribution >= 0.6 is 0 Å². The zero-order valence-corrected chi connectivity index (χ0v) is 20.2. The number of carboxylic acids is 1. The van der Waals surface area contributed by atoms with E-state index in [0.29, 0.717) is 36.2 Å². The zero-order chi connectivity index (χ0) is 24.1. The largest absolute Gasteiger partial charge is 0.489 e. The molecule has 2 aliphatic rings. The van der Waals surface area contributed by atoms with Crippen molar-refractivity contribution in [2.24, 2.45) is 5.92 Å². The highest BCUT2D eigenvalue weighted by atomic mass is 16.5. The van der Waals surface area contributed by atoms with Crippen molar-refractivity contribution in [1.82, 2.24) is 5.32 Å². The molecule has 0 spiro atoms. The lowest BCUT2D eigenvalue weighted by molar-refractivity contribution is -0.140. The summed E-state index contributed by atoms with van der Waals surface area (Å²) in [4.78, 5) is 27.5. The van der Waals surface area contributed by atoms with Gasteiger partial charge in [-0.05, 0) is 41.5 Å². The number of hydrogen-bond acceptors (Lipinski definition) is 4. The van der Waals surface area contributed by atoms with E-state index in [2.05, 4.69) is 43.4 Å². The lowest BCUT2D eigenvalue weighted by atomic mass is 9.84. The zero-order valence-electron chi connectivity index (χ0n) is 20.2. The average Bonchev–Trinajstić information content (AvgIpc) is 2.97. The predicted molar refractivity (Wildman–Crippen MR) is 133 cm³/mol. The fraction of sp³-hybridized carbons (Fsp3) is 0.500. The number of fused-ring (bicyclic) bond motifs is 1. The molecule has 0 radical (unpaired) electrons. The Morgan fingerprint density at radius 3 is 2.47 bits per heavy atom. The first-order chi connectivity index (χ1) is 16.4. The second-order valence-electron chi connectivity index (χ2n) is 9.95. The maximum absolute atomic E-state index is 13.7. The van der Waals surface area contributed by atoms with Gasteiger partial charge in [0.15, 0.2) is 0 Å². The molecule has 0 bridgehead atoms. The number of carbonyl (C=O) groups excluding carboxylic acids is 1. The molecule has 1 heterocycles. The molecule has 182 valence electrons. The molecular formula is C28H36N2O4. The van der Waals surface area contributed by atoms with Crippen molar-refractivity contribution in [2.75, 3.05) is 11.5 Å². The number of carboxylic acid groups (broad SMARTS) is 1. The van der Waals surface area contributed by atoms with Crippen LogP contribution in [0.1, 0.15) is 69.4 Å². The Bertz CT molecular complexity index is 982. The minimum Gasteiger partial charge on any atom is -0.489 e. The molecule has 1 aliphatic heterocycles. The molecule has 0 unspecified atom stereocenters. The monoisotopic (exact) mass is 464 g/mol. The van der Waals surface area contributed by atoms with E-state index in [1.165, 1.54) is 12.0 Å². The first-order valence-electron chi connectivity index (χ1n) is 12.5. The number of benzene rings is 2. The standard InChI is InChI=1S/C28H36N2O4/c1-19(2)22-14-12-21(13-15-22)17-30-25-10-6-7-11-26(25)34-18-24(27(30)31)29-23(28(32)33)16-20-8-4-3-5-9-20/h6-7,10-15,19-20,23-24,29H,3-5,8-9,16-18H2,1-2H3,(H,32,33)/t23-,24+/m1/s1. The molecule has 1 saturated carbocycles. The van der Waals surface area contributed by atoms with Crippen LogP contribution in [0.2, 0.25) is 0 Å². The van der Waals surface area contributed by atoms with Crippen molar-refractivity contribution in [1.29, 1.82) is 0 Å². The van der Waals surface area contributed by atoms with Crippen LogP contribution in [0.4, 0.5) is 5.69 Å². The van der Waals surface area contributed by atoms with E-state index < -0.39 is 18.1 Å². The Labute approximate surface area is 202 Å². The van der Waals surface area contributed by atoms with Gasteiger partial charge in [-0.25, -0.2) is 0 Å². The number of hydrogen-bond donors (Lipinski definition) is 2. The number of ether oxygens (including phenoxy) is 1. The van der Waals surface area contributed by atoms with Gasteiger partial charge < -0.3 is 14.7 Å². The smallest absolute Gasteiger partial charge is 0.320 e. The predicted octanol–water partition coefficient (Wildman–Crippen LogP) is 5.12. The molecule has 1 aliphatic carbocycles. The quantitative estimate of drug-likeness (QED) is 0.567. The molecule has 1 fully saturated rings. The molecule has 2 aromatic carbocycles. The topological polar surface area (TPSA) is 78.9 Å². The van der Waals surface area contributed by atoms with Crippen LogP contribution in [-0.4, -0.2) is 35.7 Å². The Kier molecular flexibility index (Phi) is 7.88. The first kappa shape index (κ1) is 24.3. The van der Waals surface area contributed by atoms with E-state index in [1.807, 2.05) is 24.3 Å². The third-order valence-corrected chi connectivity index (χ3v) is 7.11. The van der Waals surface area contributed by atoms with Gasteiger partial charge in [-0.15, -0.1) is 0 Å². The van der Waals surface area contributed by atoms with Crippen LogP contribution in [0.15, 0.2) is 48.5 Å². The SMILES string of the molecule is CC(C)c1ccc(CN2C(=O)[C@@H](N[C@H](CC3CCCCC3)C(=O)O)COc3ccccc32)cc1. The summed E-state index contributed by atoms with van der Waals surface area (Å²) < 4.78 is 6.00. The maximum Gasteiger partial charge on any atom is 0.320 e. The number of nitrogens with zero attached hydrogens (tertiary/aromatic N) is 1. The second kappa shape index (κ2) is 11.0. The highest BCUT2D eigenvalue weighted by Gasteiger charge is 2.35. The molecule has 2 N–H and O–H groups in total. The Morgan fingerprint density at radius 1 is 1.09 bits per heavy atom. The number of carbonyl (C=O) groups is 2. The van der Waals surface area contributed by atoms with E-state index in [1.54, 1.807) is 4.90 Å². The maximum atomic E-state index is 13.7. The van der Waals surface area contributed by atoms with E-state index >= 15 is 0 Å². The lowest BCUT2D eigenvalue weighted by Gasteiger charge is -2.29. The molecule has 6 nitrogen and oxygen atoms in total. The number of aliphatic carboxylic acids is 1. The minimum atomic E-state index is -0.907. The molecule has 6 heteroatoms. The highest BCUT2D eigenvalue weighted by molar-refractivity contribution is 5.99. The Balaban J connectivity index is 1.55. The van der Waals surface area contributed by atoms with Crippen LogP contribution < -0.4 is 15.0 Å². The third-order valence-electron chi connectivity index (χ3n) is 7.11. The number of amides is 1. The summed E-state index contributed by atoms with van der Waals surface area (Å²) in [6.07, 6.45) is 6.20. The van der Waals surface area contributed by atoms with Gasteiger partial charge in [0.1, 0.15) is 24.4 Å². The summed E-state index contributed by atoms with van der Waals surface area (Å²) in [5.41, 5.74) is 2.98. The number of rotatable bonds is 8. The van der Waals surface area contributed by atoms with Crippen molar-refractivity contribution < 1.29 is 19.4 Å². The van der Waals surface area contributed by atoms with Crippen molar-refractivity contribution in [3.05, 3.63) is 59.7 Å². The van der Waals surface area contributed by atoms with Gasteiger partial charge in [0, 0.05) is 0 Å². The van der Waals surface area contributed by atoms with Gasteiger partial charge in [-0.1, -0.05) is 82.3 Å². The Morgan fingerprint density at radius 2 is 1.79 bits per heavy atom. The van der Waals surface area contributed by atoms with Gasteiger partial charge in [-0.3, -0.25) is 14.9 Å². The molecule has 0 saturated heterocycles. The summed E-state index contributed by atoms with van der Waals surface area (Å²) in [6.45, 7) is 4.82. The van der Waals surface area contributed by atoms with Crippen LogP contribution in [-0.2, 0) is 16.1 Å². The summed E-state index contributed by atoms with van der Waals surface area (Å²) in [7, 11) is 0. The van der Waals surface area contributed by atoms with Crippen LogP contribution in [0.3, 0.4) is 0 Å². The van der Waals surface area contributed by atoms with E-state index in [9.17, 15) is 14.7 Å². The molecule has 2 aromatic rings. The second-order valence-corrected chi connectivity index (χ2v) is 9.95. The van der Waals surface area contributed by atoms with Gasteiger partial charge in [0.2, 0.25) is 5.91 Å². The van der Waals surface area contributed by atoms with Crippen LogP contribution in [0, 0.1) is 5.92 Å². The van der Waals surface area contributed by atoms with Crippen LogP contribution in [0.25, 0.3) is 0 Å². The van der Waals surface area contributed by atoms with Gasteiger partial charge >= 0.3 is 5.97 Å². The summed E-state index contributed by atoms with van der Waals surface area (Å²) in [5.74, 6) is 0.396. The molecule has 34 heavy (non-hydrogen) atoms. The molecule has 1 amide bonds. The van der Waals surface area contributed by atoms with Gasteiger partial charge in [0.25, 0.3) is 0 Å². The van der Waals surface area contributed by atoms with Crippen LogP contribution in [0.5, 0.6) is 5.75 Å². The van der Waals surface area contributed by atoms with Gasteiger partial charge in [-0.2, -0.15) is 0 Å². The fourth-order valence-electron chi connectivity index (χ4n) is 5.07. The fourth-order valence-corrected chi connectivity index (χ4v) is 5.07. The molecular weight excluding hydrogens is 428 g/mol. The molecule has 0 aromatic heterocycles. The van der Waals surface area contributed by atoms with E-state index in [4.69, 9.17) is 4.74 Å². The van der Waals surface area contributed by atoms with Gasteiger partial charge in [0.05, 0.1) is 12.2 Å². The van der Waals surface area contributed by atoms with Crippen molar-refractivity contribution in [3.63, 3.8) is 0 Å². The summed E-state index contributed by atoms with van der Waals surface area (Å²) >= 11 is 0. The highest BCUT2D eigenvalue weighted by Crippen LogP contribution is 2.33. The lowest BCUT2D eigenvalue weighted by Crippen LogP contribution is -2.54. The number of para-hydroxylation sites is 2. The average molecular weight is 465 g/mol. The third kappa shape index (κ3) is 5.79. The van der Waals surface area contributed by atoms with Crippen molar-refractivity contribution in [3.8, 4) is 5.75 Å². The van der Waals surface area contributed by atoms with E-state index in [0.717, 1.165) is 31.2 Å². The number of nitrogens with one attached hydrogen (secondary N) is 1. The number of anilines is 1. The minimum absolute atomic E-state index is 0.104. The summed E-state index contributed by atoms with van der Waals surface area (Å²) in [6, 6.07) is 14.3. The Hall–Kier alpha value is -2.86. The van der Waals surface area contributed by atoms with E-state index in [-0.39, 0.29) is 12.5 Å². The normalized spacial score (nSPS) is 19.9. The summed E-state index contributed by atoms with van der Waals surface area (Å²) in [5, 5.41) is 13.1.